The van der Waals surface area contributed by atoms with Gasteiger partial charge in [0.05, 0.1) is 0 Å². The predicted octanol–water partition coefficient (Wildman–Crippen LogP) is 1.46. The number of rotatable bonds is 4. The highest BCUT2D eigenvalue weighted by atomic mass is 35.5. The van der Waals surface area contributed by atoms with E-state index in [1.807, 2.05) is 0 Å². The number of nitrogens with zero attached hydrogens (tertiary/aromatic N) is 1. The third kappa shape index (κ3) is 8.01. The fourth-order valence-electron chi connectivity index (χ4n) is 0.350. The second-order valence-corrected chi connectivity index (χ2v) is 2.51. The predicted molar refractivity (Wildman–Crippen MR) is 35.3 cm³/mol. The Bertz CT molecular complexity index is 96.6. The third-order valence-electron chi connectivity index (χ3n) is 0.718. The molecule has 0 saturated heterocycles. The summed E-state index contributed by atoms with van der Waals surface area (Å²) in [6, 6.07) is 0. The molecule has 0 aliphatic carbocycles. The van der Waals surface area contributed by atoms with Crippen LogP contribution in [0.25, 0.3) is 0 Å². The summed E-state index contributed by atoms with van der Waals surface area (Å²) in [7, 11) is 0. The van der Waals surface area contributed by atoms with Gasteiger partial charge < -0.3 is 5.11 Å². The van der Waals surface area contributed by atoms with Gasteiger partial charge in [-0.05, 0) is 30.0 Å². The Balaban J connectivity index is 3.01. The Labute approximate surface area is 63.4 Å². The van der Waals surface area contributed by atoms with Gasteiger partial charge in [0.1, 0.15) is 0 Å². The van der Waals surface area contributed by atoms with Crippen molar-refractivity contribution in [2.45, 2.75) is 12.8 Å². The summed E-state index contributed by atoms with van der Waals surface area (Å²) in [5.41, 5.74) is 0. The van der Waals surface area contributed by atoms with Gasteiger partial charge in [-0.25, -0.2) is 0 Å². The first-order chi connectivity index (χ1) is 4.13. The van der Waals surface area contributed by atoms with Crippen LogP contribution in [0.5, 0.6) is 0 Å². The summed E-state index contributed by atoms with van der Waals surface area (Å²) in [5, 5.41) is 8.12. The number of carboxylic acid groups (broad SMARTS) is 1. The Morgan fingerprint density at radius 1 is 1.56 bits per heavy atom. The van der Waals surface area contributed by atoms with Crippen molar-refractivity contribution in [1.29, 1.82) is 0 Å². The summed E-state index contributed by atoms with van der Waals surface area (Å²) >= 11 is 10.3. The number of halogens is 2. The van der Waals surface area contributed by atoms with Crippen LogP contribution >= 0.6 is 23.6 Å². The topological polar surface area (TPSA) is 40.5 Å². The molecule has 0 aliphatic heterocycles. The minimum absolute atomic E-state index is 0.107. The van der Waals surface area contributed by atoms with E-state index in [0.717, 1.165) is 3.94 Å². The maximum Gasteiger partial charge on any atom is 0.303 e. The molecule has 5 heteroatoms. The molecular formula is C4H7Cl2NO2. The minimum Gasteiger partial charge on any atom is -0.481 e. The molecule has 0 amide bonds. The lowest BCUT2D eigenvalue weighted by Crippen LogP contribution is -2.03. The van der Waals surface area contributed by atoms with Crippen molar-refractivity contribution < 1.29 is 9.90 Å². The summed E-state index contributed by atoms with van der Waals surface area (Å²) in [6.07, 6.45) is 0.582. The highest BCUT2D eigenvalue weighted by molar-refractivity contribution is 6.33. The molecule has 54 valence electrons. The molecule has 0 radical (unpaired) electrons. The monoisotopic (exact) mass is 171 g/mol. The second-order valence-electron chi connectivity index (χ2n) is 1.52. The Morgan fingerprint density at radius 2 is 2.11 bits per heavy atom. The number of hydrogen-bond acceptors (Lipinski definition) is 2. The molecule has 0 fully saturated rings. The number of hydrogen-bond donors (Lipinski definition) is 1. The van der Waals surface area contributed by atoms with Crippen LogP contribution in [0.1, 0.15) is 12.8 Å². The quantitative estimate of drug-likeness (QED) is 0.652. The molecule has 0 rings (SSSR count). The molecule has 0 bridgehead atoms. The van der Waals surface area contributed by atoms with Crippen LogP contribution < -0.4 is 0 Å². The fourth-order valence-corrected chi connectivity index (χ4v) is 0.589. The van der Waals surface area contributed by atoms with E-state index in [4.69, 9.17) is 28.7 Å². The zero-order chi connectivity index (χ0) is 7.28. The average Bonchev–Trinajstić information content (AvgIpc) is 1.63. The van der Waals surface area contributed by atoms with Crippen LogP contribution in [-0.2, 0) is 4.79 Å². The minimum atomic E-state index is -0.829. The third-order valence-corrected chi connectivity index (χ3v) is 1.06. The highest BCUT2D eigenvalue weighted by Crippen LogP contribution is 2.01. The molecule has 0 spiro atoms. The molecule has 1 N–H and O–H groups in total. The molecule has 0 unspecified atom stereocenters. The molecule has 3 nitrogen and oxygen atoms in total. The lowest BCUT2D eigenvalue weighted by atomic mass is 10.3. The standard InChI is InChI=1S/C4H7Cl2NO2/c5-7(6)3-1-2-4(8)9/h1-3H2,(H,8,9). The van der Waals surface area contributed by atoms with Gasteiger partial charge in [-0.1, -0.05) is 0 Å². The van der Waals surface area contributed by atoms with Gasteiger partial charge in [-0.3, -0.25) is 4.79 Å². The first kappa shape index (κ1) is 9.01. The molecule has 0 atom stereocenters. The van der Waals surface area contributed by atoms with Crippen molar-refractivity contribution in [3.05, 3.63) is 0 Å². The van der Waals surface area contributed by atoms with Crippen LogP contribution in [0, 0.1) is 0 Å². The van der Waals surface area contributed by atoms with Gasteiger partial charge in [-0.15, -0.1) is 3.94 Å². The van der Waals surface area contributed by atoms with Crippen molar-refractivity contribution in [1.82, 2.24) is 3.94 Å². The van der Waals surface area contributed by atoms with Crippen LogP contribution in [-0.4, -0.2) is 21.6 Å². The zero-order valence-corrected chi connectivity index (χ0v) is 6.19. The summed E-state index contributed by atoms with van der Waals surface area (Å²) < 4.78 is 0.920. The highest BCUT2D eigenvalue weighted by Gasteiger charge is 1.98. The first-order valence-electron chi connectivity index (χ1n) is 2.44. The SMILES string of the molecule is O=C(O)CCCN(Cl)Cl. The van der Waals surface area contributed by atoms with Gasteiger partial charge >= 0.3 is 5.97 Å². The summed E-state index contributed by atoms with van der Waals surface area (Å²) in [6.45, 7) is 0.384. The Kier molecular flexibility index (Phi) is 4.85. The lowest BCUT2D eigenvalue weighted by Gasteiger charge is -1.99. The van der Waals surface area contributed by atoms with Gasteiger partial charge in [-0.2, -0.15) is 0 Å². The summed E-state index contributed by atoms with van der Waals surface area (Å²) in [5.74, 6) is -0.829. The van der Waals surface area contributed by atoms with Crippen LogP contribution in [0.3, 0.4) is 0 Å². The van der Waals surface area contributed by atoms with Gasteiger partial charge in [0.2, 0.25) is 0 Å². The normalized spacial score (nSPS) is 10.1. The van der Waals surface area contributed by atoms with Crippen molar-refractivity contribution in [3.63, 3.8) is 0 Å². The van der Waals surface area contributed by atoms with E-state index in [1.54, 1.807) is 0 Å². The first-order valence-corrected chi connectivity index (χ1v) is 3.11. The van der Waals surface area contributed by atoms with E-state index >= 15 is 0 Å². The van der Waals surface area contributed by atoms with Crippen LogP contribution in [0.15, 0.2) is 0 Å². The largest absolute Gasteiger partial charge is 0.481 e. The number of carboxylic acids is 1. The molecule has 0 aliphatic rings. The maximum absolute atomic E-state index is 9.88. The molecule has 0 aromatic heterocycles. The molecule has 9 heavy (non-hydrogen) atoms. The van der Waals surface area contributed by atoms with Crippen LogP contribution in [0.4, 0.5) is 0 Å². The van der Waals surface area contributed by atoms with Gasteiger partial charge in [0.25, 0.3) is 0 Å². The number of carbonyl (C=O) groups is 1. The van der Waals surface area contributed by atoms with Crippen molar-refractivity contribution >= 4 is 29.5 Å². The summed E-state index contributed by atoms with van der Waals surface area (Å²) in [4.78, 5) is 9.88. The van der Waals surface area contributed by atoms with Crippen LogP contribution in [0.2, 0.25) is 0 Å². The molecule has 0 aromatic carbocycles. The second kappa shape index (κ2) is 4.85. The Morgan fingerprint density at radius 3 is 2.44 bits per heavy atom. The smallest absolute Gasteiger partial charge is 0.303 e. The van der Waals surface area contributed by atoms with E-state index in [-0.39, 0.29) is 6.42 Å². The zero-order valence-electron chi connectivity index (χ0n) is 4.68. The van der Waals surface area contributed by atoms with Crippen molar-refractivity contribution in [2.24, 2.45) is 0 Å². The number of aliphatic carboxylic acids is 1. The maximum atomic E-state index is 9.88. The van der Waals surface area contributed by atoms with E-state index in [2.05, 4.69) is 0 Å². The molecule has 0 aromatic rings. The van der Waals surface area contributed by atoms with Crippen molar-refractivity contribution in [2.75, 3.05) is 6.54 Å². The van der Waals surface area contributed by atoms with E-state index in [1.165, 1.54) is 0 Å². The fraction of sp³-hybridized carbons (Fsp3) is 0.750. The Hall–Kier alpha value is 0.01000. The molecule has 0 heterocycles. The molecular weight excluding hydrogens is 165 g/mol. The van der Waals surface area contributed by atoms with Crippen molar-refractivity contribution in [3.8, 4) is 0 Å². The van der Waals surface area contributed by atoms with E-state index < -0.39 is 5.97 Å². The lowest BCUT2D eigenvalue weighted by molar-refractivity contribution is -0.137. The van der Waals surface area contributed by atoms with E-state index in [9.17, 15) is 4.79 Å². The molecule has 0 saturated carbocycles. The van der Waals surface area contributed by atoms with E-state index in [0.29, 0.717) is 13.0 Å². The average molecular weight is 172 g/mol. The van der Waals surface area contributed by atoms with Gasteiger partial charge in [0.15, 0.2) is 0 Å². The van der Waals surface area contributed by atoms with Gasteiger partial charge in [0, 0.05) is 13.0 Å².